The largest absolute Gasteiger partial charge is 1.00 e. The van der Waals surface area contributed by atoms with Gasteiger partial charge in [-0.05, 0) is 37.1 Å². The van der Waals surface area contributed by atoms with Gasteiger partial charge in [0.25, 0.3) is 0 Å². The quantitative estimate of drug-likeness (QED) is 0.444. The van der Waals surface area contributed by atoms with Crippen LogP contribution in [0.1, 0.15) is 22.9 Å². The molecule has 0 saturated carbocycles. The molecule has 0 bridgehead atoms. The van der Waals surface area contributed by atoms with E-state index in [0.29, 0.717) is 11.3 Å². The van der Waals surface area contributed by atoms with Crippen LogP contribution in [0.5, 0.6) is 5.75 Å². The first kappa shape index (κ1) is 15.0. The molecule has 0 N–H and O–H groups in total. The third-order valence-electron chi connectivity index (χ3n) is 2.61. The number of ether oxygens (including phenoxy) is 1. The van der Waals surface area contributed by atoms with Gasteiger partial charge >= 0.3 is 35.5 Å². The van der Waals surface area contributed by atoms with Crippen molar-refractivity contribution in [3.63, 3.8) is 0 Å². The zero-order chi connectivity index (χ0) is 12.3. The maximum Gasteiger partial charge on any atom is 1.00 e. The number of benzene rings is 2. The summed E-state index contributed by atoms with van der Waals surface area (Å²) in [5.41, 5.74) is 2.50. The van der Waals surface area contributed by atoms with Gasteiger partial charge in [0, 0.05) is 0 Å². The Morgan fingerprint density at radius 3 is 2.06 bits per heavy atom. The van der Waals surface area contributed by atoms with Crippen molar-refractivity contribution in [3.8, 4) is 5.75 Å². The Morgan fingerprint density at radius 2 is 1.50 bits per heavy atom. The molecular weight excluding hydrogens is 235 g/mol. The molecular formula is C15H15NaO2. The van der Waals surface area contributed by atoms with Gasteiger partial charge in [0.15, 0.2) is 0 Å². The number of para-hydroxylation sites is 1. The SMILES string of the molecule is Cc1cccc(C)c1OC(=O)c1ccccc1.[H-].[Na+]. The fraction of sp³-hybridized carbons (Fsp3) is 0.133. The zero-order valence-electron chi connectivity index (χ0n) is 11.9. The minimum atomic E-state index is -0.317. The summed E-state index contributed by atoms with van der Waals surface area (Å²) < 4.78 is 5.42. The Labute approximate surface area is 131 Å². The Bertz CT molecular complexity index is 521. The molecule has 0 unspecified atom stereocenters. The van der Waals surface area contributed by atoms with Crippen LogP contribution in [0.3, 0.4) is 0 Å². The van der Waals surface area contributed by atoms with E-state index in [2.05, 4.69) is 0 Å². The van der Waals surface area contributed by atoms with Gasteiger partial charge in [0.2, 0.25) is 0 Å². The third kappa shape index (κ3) is 3.45. The Hall–Kier alpha value is -1.09. The summed E-state index contributed by atoms with van der Waals surface area (Å²) in [6.45, 7) is 3.86. The van der Waals surface area contributed by atoms with Crippen LogP contribution in [0.15, 0.2) is 48.5 Å². The molecule has 0 aromatic heterocycles. The predicted octanol–water partition coefficient (Wildman–Crippen LogP) is 0.639. The van der Waals surface area contributed by atoms with Gasteiger partial charge in [0.05, 0.1) is 5.56 Å². The van der Waals surface area contributed by atoms with E-state index in [9.17, 15) is 4.79 Å². The molecule has 0 aliphatic carbocycles. The molecule has 0 aliphatic rings. The van der Waals surface area contributed by atoms with E-state index in [4.69, 9.17) is 4.74 Å². The molecule has 88 valence electrons. The van der Waals surface area contributed by atoms with Crippen LogP contribution >= 0.6 is 0 Å². The van der Waals surface area contributed by atoms with Gasteiger partial charge in [0.1, 0.15) is 5.75 Å². The molecule has 0 fully saturated rings. The van der Waals surface area contributed by atoms with Crippen molar-refractivity contribution in [1.29, 1.82) is 0 Å². The van der Waals surface area contributed by atoms with Gasteiger partial charge in [-0.1, -0.05) is 36.4 Å². The fourth-order valence-electron chi connectivity index (χ4n) is 1.69. The first-order valence-electron chi connectivity index (χ1n) is 5.52. The van der Waals surface area contributed by atoms with Crippen LogP contribution in [-0.2, 0) is 0 Å². The first-order valence-corrected chi connectivity index (χ1v) is 5.52. The second-order valence-corrected chi connectivity index (χ2v) is 3.98. The van der Waals surface area contributed by atoms with E-state index in [0.717, 1.165) is 11.1 Å². The van der Waals surface area contributed by atoms with E-state index in [-0.39, 0.29) is 37.0 Å². The van der Waals surface area contributed by atoms with Gasteiger partial charge in [-0.2, -0.15) is 0 Å². The number of rotatable bonds is 2. The maximum absolute atomic E-state index is 11.9. The van der Waals surface area contributed by atoms with Crippen molar-refractivity contribution in [2.75, 3.05) is 0 Å². The summed E-state index contributed by atoms with van der Waals surface area (Å²) in [4.78, 5) is 11.9. The monoisotopic (exact) mass is 250 g/mol. The van der Waals surface area contributed by atoms with E-state index in [1.54, 1.807) is 12.1 Å². The van der Waals surface area contributed by atoms with Crippen LogP contribution in [0.25, 0.3) is 0 Å². The van der Waals surface area contributed by atoms with Crippen molar-refractivity contribution >= 4 is 5.97 Å². The number of esters is 1. The number of aryl methyl sites for hydroxylation is 2. The van der Waals surface area contributed by atoms with Gasteiger partial charge in [-0.15, -0.1) is 0 Å². The van der Waals surface area contributed by atoms with Crippen LogP contribution in [0.4, 0.5) is 0 Å². The molecule has 0 aliphatic heterocycles. The third-order valence-corrected chi connectivity index (χ3v) is 2.61. The van der Waals surface area contributed by atoms with Crippen LogP contribution < -0.4 is 34.3 Å². The van der Waals surface area contributed by atoms with Gasteiger partial charge in [-0.25, -0.2) is 4.79 Å². The Balaban J connectivity index is 0.00000162. The van der Waals surface area contributed by atoms with Crippen molar-refractivity contribution in [1.82, 2.24) is 0 Å². The Morgan fingerprint density at radius 1 is 0.944 bits per heavy atom. The molecule has 2 nitrogen and oxygen atoms in total. The van der Waals surface area contributed by atoms with Crippen LogP contribution in [-0.4, -0.2) is 5.97 Å². The van der Waals surface area contributed by atoms with Crippen LogP contribution in [0.2, 0.25) is 0 Å². The maximum atomic E-state index is 11.9. The second kappa shape index (κ2) is 6.74. The minimum absolute atomic E-state index is 0. The molecule has 0 amide bonds. The molecule has 0 heterocycles. The molecule has 0 atom stereocenters. The van der Waals surface area contributed by atoms with Crippen molar-refractivity contribution < 1.29 is 40.5 Å². The molecule has 2 aromatic carbocycles. The number of carbonyl (C=O) groups excluding carboxylic acids is 1. The second-order valence-electron chi connectivity index (χ2n) is 3.98. The smallest absolute Gasteiger partial charge is 1.00 e. The zero-order valence-corrected chi connectivity index (χ0v) is 12.9. The summed E-state index contributed by atoms with van der Waals surface area (Å²) in [6, 6.07) is 14.8. The topological polar surface area (TPSA) is 26.3 Å². The molecule has 2 rings (SSSR count). The molecule has 3 heteroatoms. The average Bonchev–Trinajstić information content (AvgIpc) is 2.35. The summed E-state index contributed by atoms with van der Waals surface area (Å²) >= 11 is 0. The van der Waals surface area contributed by atoms with Crippen LogP contribution in [0, 0.1) is 13.8 Å². The summed E-state index contributed by atoms with van der Waals surface area (Å²) in [5.74, 6) is 0.337. The van der Waals surface area contributed by atoms with Crippen molar-refractivity contribution in [2.45, 2.75) is 13.8 Å². The predicted molar refractivity (Wildman–Crippen MR) is 68.4 cm³/mol. The standard InChI is InChI=1S/C15H14O2.Na.H/c1-11-7-6-8-12(2)14(11)17-15(16)13-9-4-3-5-10-13;;/h3-10H,1-2H3;;/q;+1;-1. The van der Waals surface area contributed by atoms with Gasteiger partial charge < -0.3 is 6.16 Å². The summed E-state index contributed by atoms with van der Waals surface area (Å²) in [7, 11) is 0. The molecule has 0 saturated heterocycles. The van der Waals surface area contributed by atoms with E-state index >= 15 is 0 Å². The molecule has 0 spiro atoms. The van der Waals surface area contributed by atoms with E-state index in [1.165, 1.54) is 0 Å². The molecule has 2 aromatic rings. The summed E-state index contributed by atoms with van der Waals surface area (Å²) in [6.07, 6.45) is 0. The van der Waals surface area contributed by atoms with E-state index in [1.807, 2.05) is 50.2 Å². The first-order chi connectivity index (χ1) is 8.18. The van der Waals surface area contributed by atoms with Gasteiger partial charge in [-0.3, -0.25) is 0 Å². The molecule has 0 radical (unpaired) electrons. The number of carbonyl (C=O) groups is 1. The van der Waals surface area contributed by atoms with E-state index < -0.39 is 0 Å². The molecule has 18 heavy (non-hydrogen) atoms. The Kier molecular flexibility index (Phi) is 5.60. The number of hydrogen-bond donors (Lipinski definition) is 0. The van der Waals surface area contributed by atoms with Crippen molar-refractivity contribution in [2.24, 2.45) is 0 Å². The summed E-state index contributed by atoms with van der Waals surface area (Å²) in [5, 5.41) is 0. The normalized spacial score (nSPS) is 9.44. The minimum Gasteiger partial charge on any atom is -1.00 e. The van der Waals surface area contributed by atoms with Crippen molar-refractivity contribution in [3.05, 3.63) is 65.2 Å². The fourth-order valence-corrected chi connectivity index (χ4v) is 1.69. The number of hydrogen-bond acceptors (Lipinski definition) is 2. The average molecular weight is 250 g/mol.